The van der Waals surface area contributed by atoms with Gasteiger partial charge in [-0.15, -0.1) is 0 Å². The second-order valence-electron chi connectivity index (χ2n) is 7.43. The van der Waals surface area contributed by atoms with Crippen LogP contribution in [-0.4, -0.2) is 0 Å². The Morgan fingerprint density at radius 2 is 1.82 bits per heavy atom. The number of allylic oxidation sites excluding steroid dienone is 10. The highest BCUT2D eigenvalue weighted by Crippen LogP contribution is 2.48. The van der Waals surface area contributed by atoms with E-state index in [4.69, 9.17) is 0 Å². The average Bonchev–Trinajstić information content (AvgIpc) is 3.27. The van der Waals surface area contributed by atoms with Crippen LogP contribution in [0.15, 0.2) is 58.7 Å². The van der Waals surface area contributed by atoms with Gasteiger partial charge >= 0.3 is 0 Å². The molecule has 4 aliphatic carbocycles. The van der Waals surface area contributed by atoms with Gasteiger partial charge in [-0.05, 0) is 81.9 Å². The molecule has 4 atom stereocenters. The standard InChI is InChI=1S/C12H16.C10H14/c1-4-11-9-5-6-10(7-9)12(11)8(2)3;1-2-3-9-6-8-4-5-10(9)7-8/h4-6,9-10H,7H2,1-3H3;2-3,6,8,10H,4-5,7H2,1H3. The van der Waals surface area contributed by atoms with Gasteiger partial charge in [0.25, 0.3) is 0 Å². The molecule has 2 saturated carbocycles. The maximum absolute atomic E-state index is 2.47. The molecule has 0 N–H and O–H groups in total. The fraction of sp³-hybridized carbons (Fsp3) is 0.545. The zero-order valence-corrected chi connectivity index (χ0v) is 14.6. The molecule has 0 heterocycles. The fourth-order valence-corrected chi connectivity index (χ4v) is 4.85. The fourth-order valence-electron chi connectivity index (χ4n) is 4.85. The zero-order valence-electron chi connectivity index (χ0n) is 14.6. The molecule has 0 spiro atoms. The van der Waals surface area contributed by atoms with Gasteiger partial charge in [0.05, 0.1) is 0 Å². The Hall–Kier alpha value is -1.30. The Kier molecular flexibility index (Phi) is 4.57. The summed E-state index contributed by atoms with van der Waals surface area (Å²) in [5.41, 5.74) is 6.31. The van der Waals surface area contributed by atoms with E-state index >= 15 is 0 Å². The minimum Gasteiger partial charge on any atom is -0.0874 e. The van der Waals surface area contributed by atoms with Gasteiger partial charge in [0, 0.05) is 11.8 Å². The minimum absolute atomic E-state index is 0.741. The van der Waals surface area contributed by atoms with E-state index in [0.717, 1.165) is 23.7 Å². The molecule has 0 heteroatoms. The van der Waals surface area contributed by atoms with Gasteiger partial charge in [0.1, 0.15) is 0 Å². The molecule has 0 amide bonds. The molecule has 0 radical (unpaired) electrons. The highest BCUT2D eigenvalue weighted by molar-refractivity contribution is 5.49. The lowest BCUT2D eigenvalue weighted by molar-refractivity contribution is 0.671. The molecule has 22 heavy (non-hydrogen) atoms. The molecule has 0 aliphatic heterocycles. The summed E-state index contributed by atoms with van der Waals surface area (Å²) in [5, 5.41) is 0. The van der Waals surface area contributed by atoms with Crippen LogP contribution in [0.3, 0.4) is 0 Å². The summed E-state index contributed by atoms with van der Waals surface area (Å²) >= 11 is 0. The first-order valence-electron chi connectivity index (χ1n) is 9.00. The lowest BCUT2D eigenvalue weighted by atomic mass is 9.91. The molecule has 0 aromatic carbocycles. The van der Waals surface area contributed by atoms with Crippen molar-refractivity contribution in [2.45, 2.75) is 53.4 Å². The molecule has 2 fully saturated rings. The van der Waals surface area contributed by atoms with Crippen LogP contribution in [-0.2, 0) is 0 Å². The van der Waals surface area contributed by atoms with E-state index < -0.39 is 0 Å². The molecule has 4 rings (SSSR count). The zero-order chi connectivity index (χ0) is 15.7. The molecule has 118 valence electrons. The largest absolute Gasteiger partial charge is 0.0874 e. The molecule has 0 saturated heterocycles. The molecule has 0 nitrogen and oxygen atoms in total. The van der Waals surface area contributed by atoms with Crippen LogP contribution in [0, 0.1) is 23.7 Å². The van der Waals surface area contributed by atoms with Crippen molar-refractivity contribution in [2.24, 2.45) is 23.7 Å². The Morgan fingerprint density at radius 1 is 1.05 bits per heavy atom. The third-order valence-corrected chi connectivity index (χ3v) is 5.75. The molecule has 0 aromatic rings. The molecular weight excluding hydrogens is 264 g/mol. The first-order chi connectivity index (χ1) is 10.6. The lowest BCUT2D eigenvalue weighted by Crippen LogP contribution is -1.98. The van der Waals surface area contributed by atoms with Crippen LogP contribution >= 0.6 is 0 Å². The normalized spacial score (nSPS) is 36.3. The van der Waals surface area contributed by atoms with Crippen LogP contribution in [0.25, 0.3) is 0 Å². The number of hydrogen-bond acceptors (Lipinski definition) is 0. The monoisotopic (exact) mass is 294 g/mol. The Bertz CT molecular complexity index is 575. The maximum atomic E-state index is 2.47. The van der Waals surface area contributed by atoms with E-state index in [1.54, 1.807) is 16.7 Å². The van der Waals surface area contributed by atoms with Gasteiger partial charge in [0.15, 0.2) is 0 Å². The van der Waals surface area contributed by atoms with E-state index in [2.05, 4.69) is 64.2 Å². The van der Waals surface area contributed by atoms with Crippen LogP contribution < -0.4 is 0 Å². The molecular formula is C22H30. The Labute approximate surface area is 136 Å². The first-order valence-corrected chi connectivity index (χ1v) is 9.00. The van der Waals surface area contributed by atoms with Crippen molar-refractivity contribution < 1.29 is 0 Å². The molecule has 4 bridgehead atoms. The average molecular weight is 294 g/mol. The topological polar surface area (TPSA) is 0 Å². The van der Waals surface area contributed by atoms with Crippen molar-refractivity contribution in [3.05, 3.63) is 58.7 Å². The van der Waals surface area contributed by atoms with E-state index in [9.17, 15) is 0 Å². The Balaban J connectivity index is 0.000000133. The van der Waals surface area contributed by atoms with Gasteiger partial charge < -0.3 is 0 Å². The van der Waals surface area contributed by atoms with Gasteiger partial charge in [-0.1, -0.05) is 42.0 Å². The second kappa shape index (κ2) is 6.44. The molecule has 0 aromatic heterocycles. The maximum Gasteiger partial charge on any atom is 0.00291 e. The first kappa shape index (κ1) is 15.6. The molecule has 4 unspecified atom stereocenters. The SMILES string of the molecule is CC=C1C(=C(C)C)C2C=CC1C2.CC=CC1=CC2CCC1C2. The smallest absolute Gasteiger partial charge is 0.00291 e. The van der Waals surface area contributed by atoms with Crippen LogP contribution in [0.5, 0.6) is 0 Å². The summed E-state index contributed by atoms with van der Waals surface area (Å²) in [6.45, 7) is 8.72. The number of rotatable bonds is 1. The number of hydrogen-bond donors (Lipinski definition) is 0. The summed E-state index contributed by atoms with van der Waals surface area (Å²) in [6, 6.07) is 0. The van der Waals surface area contributed by atoms with E-state index in [-0.39, 0.29) is 0 Å². The highest BCUT2D eigenvalue weighted by atomic mass is 14.4. The molecule has 4 aliphatic rings. The van der Waals surface area contributed by atoms with Gasteiger partial charge in [0.2, 0.25) is 0 Å². The van der Waals surface area contributed by atoms with Crippen molar-refractivity contribution in [3.63, 3.8) is 0 Å². The van der Waals surface area contributed by atoms with E-state index in [1.165, 1.54) is 31.3 Å². The van der Waals surface area contributed by atoms with Gasteiger partial charge in [-0.2, -0.15) is 0 Å². The van der Waals surface area contributed by atoms with Crippen molar-refractivity contribution in [2.75, 3.05) is 0 Å². The van der Waals surface area contributed by atoms with Gasteiger partial charge in [-0.3, -0.25) is 0 Å². The van der Waals surface area contributed by atoms with Crippen molar-refractivity contribution >= 4 is 0 Å². The summed E-state index contributed by atoms with van der Waals surface area (Å²) < 4.78 is 0. The highest BCUT2D eigenvalue weighted by Gasteiger charge is 2.35. The predicted molar refractivity (Wildman–Crippen MR) is 96.6 cm³/mol. The lowest BCUT2D eigenvalue weighted by Gasteiger charge is -2.14. The van der Waals surface area contributed by atoms with Crippen molar-refractivity contribution in [1.82, 2.24) is 0 Å². The quantitative estimate of drug-likeness (QED) is 0.491. The predicted octanol–water partition coefficient (Wildman–Crippen LogP) is 6.39. The third-order valence-electron chi connectivity index (χ3n) is 5.75. The minimum atomic E-state index is 0.741. The third kappa shape index (κ3) is 2.81. The van der Waals surface area contributed by atoms with Crippen LogP contribution in [0.2, 0.25) is 0 Å². The van der Waals surface area contributed by atoms with Crippen LogP contribution in [0.4, 0.5) is 0 Å². The van der Waals surface area contributed by atoms with Crippen molar-refractivity contribution in [1.29, 1.82) is 0 Å². The summed E-state index contributed by atoms with van der Waals surface area (Å²) in [5.74, 6) is 3.36. The van der Waals surface area contributed by atoms with Crippen LogP contribution in [0.1, 0.15) is 53.4 Å². The van der Waals surface area contributed by atoms with Gasteiger partial charge in [-0.25, -0.2) is 0 Å². The second-order valence-corrected chi connectivity index (χ2v) is 7.43. The van der Waals surface area contributed by atoms with E-state index in [0.29, 0.717) is 0 Å². The van der Waals surface area contributed by atoms with E-state index in [1.807, 2.05) is 0 Å². The summed E-state index contributed by atoms with van der Waals surface area (Å²) in [4.78, 5) is 0. The Morgan fingerprint density at radius 3 is 2.32 bits per heavy atom. The summed E-state index contributed by atoms with van der Waals surface area (Å²) in [7, 11) is 0. The number of fused-ring (bicyclic) bond motifs is 4. The summed E-state index contributed by atoms with van der Waals surface area (Å²) in [6.07, 6.45) is 19.6. The van der Waals surface area contributed by atoms with Crippen molar-refractivity contribution in [3.8, 4) is 0 Å².